The maximum Gasteiger partial charge on any atom is 0.261 e. The zero-order valence-electron chi connectivity index (χ0n) is 15.7. The van der Waals surface area contributed by atoms with Crippen LogP contribution in [0.3, 0.4) is 0 Å². The summed E-state index contributed by atoms with van der Waals surface area (Å²) in [6.07, 6.45) is 1.87. The second-order valence-electron chi connectivity index (χ2n) is 6.94. The Labute approximate surface area is 171 Å². The van der Waals surface area contributed by atoms with Gasteiger partial charge in [0.05, 0.1) is 6.54 Å². The molecule has 0 unspecified atom stereocenters. The summed E-state index contributed by atoms with van der Waals surface area (Å²) in [7, 11) is 0. The van der Waals surface area contributed by atoms with Crippen LogP contribution in [0, 0.1) is 6.92 Å². The average molecular weight is 403 g/mol. The molecule has 2 aromatic carbocycles. The molecule has 0 fully saturated rings. The van der Waals surface area contributed by atoms with E-state index in [1.165, 1.54) is 9.78 Å². The van der Waals surface area contributed by atoms with E-state index in [0.29, 0.717) is 28.2 Å². The van der Waals surface area contributed by atoms with Gasteiger partial charge in [0.2, 0.25) is 6.79 Å². The Balaban J connectivity index is 1.55. The largest absolute Gasteiger partial charge is 0.454 e. The number of rotatable bonds is 3. The molecule has 2 aliphatic heterocycles. The van der Waals surface area contributed by atoms with Gasteiger partial charge >= 0.3 is 0 Å². The molecule has 0 bridgehead atoms. The molecule has 2 aliphatic rings. The van der Waals surface area contributed by atoms with Crippen LogP contribution in [0.25, 0.3) is 11.6 Å². The van der Waals surface area contributed by atoms with Crippen LogP contribution >= 0.6 is 11.3 Å². The minimum Gasteiger partial charge on any atom is -0.454 e. The molecule has 0 spiro atoms. The van der Waals surface area contributed by atoms with Gasteiger partial charge in [-0.2, -0.15) is 0 Å². The fourth-order valence-electron chi connectivity index (χ4n) is 3.58. The van der Waals surface area contributed by atoms with Crippen molar-refractivity contribution in [1.82, 2.24) is 4.90 Å². The van der Waals surface area contributed by atoms with Crippen molar-refractivity contribution < 1.29 is 19.1 Å². The summed E-state index contributed by atoms with van der Waals surface area (Å²) in [5, 5.41) is 0. The number of fused-ring (bicyclic) bond motifs is 2. The SMILES string of the molecule is Cc1ccc(/C=C2/C(=O)N(Cc3ccc4c(c3)OCO4)C(=O)c3ccccc32)s1. The smallest absolute Gasteiger partial charge is 0.261 e. The highest BCUT2D eigenvalue weighted by Gasteiger charge is 2.35. The van der Waals surface area contributed by atoms with Gasteiger partial charge in [0.25, 0.3) is 11.8 Å². The molecule has 1 aromatic heterocycles. The highest BCUT2D eigenvalue weighted by molar-refractivity contribution is 7.12. The zero-order chi connectivity index (χ0) is 20.0. The molecule has 0 aliphatic carbocycles. The Morgan fingerprint density at radius 3 is 2.55 bits per heavy atom. The van der Waals surface area contributed by atoms with Crippen LogP contribution in [-0.4, -0.2) is 23.5 Å². The fourth-order valence-corrected chi connectivity index (χ4v) is 4.40. The first-order valence-electron chi connectivity index (χ1n) is 9.22. The van der Waals surface area contributed by atoms with Crippen LogP contribution in [0.15, 0.2) is 54.6 Å². The molecule has 0 N–H and O–H groups in total. The highest BCUT2D eigenvalue weighted by atomic mass is 32.1. The van der Waals surface area contributed by atoms with E-state index < -0.39 is 0 Å². The lowest BCUT2D eigenvalue weighted by Gasteiger charge is -2.28. The minimum atomic E-state index is -0.294. The quantitative estimate of drug-likeness (QED) is 0.477. The first kappa shape index (κ1) is 17.7. The van der Waals surface area contributed by atoms with Gasteiger partial charge in [-0.1, -0.05) is 24.3 Å². The van der Waals surface area contributed by atoms with Crippen molar-refractivity contribution in [2.45, 2.75) is 13.5 Å². The Morgan fingerprint density at radius 1 is 0.966 bits per heavy atom. The minimum absolute atomic E-state index is 0.170. The molecular weight excluding hydrogens is 386 g/mol. The topological polar surface area (TPSA) is 55.8 Å². The molecule has 144 valence electrons. The molecule has 3 aromatic rings. The second-order valence-corrected chi connectivity index (χ2v) is 8.26. The van der Waals surface area contributed by atoms with E-state index in [1.807, 2.05) is 55.5 Å². The maximum absolute atomic E-state index is 13.3. The molecule has 3 heterocycles. The summed E-state index contributed by atoms with van der Waals surface area (Å²) in [5.74, 6) is 0.717. The first-order valence-corrected chi connectivity index (χ1v) is 10.0. The number of hydrogen-bond donors (Lipinski definition) is 0. The number of nitrogens with zero attached hydrogens (tertiary/aromatic N) is 1. The molecule has 0 radical (unpaired) electrons. The van der Waals surface area contributed by atoms with Crippen molar-refractivity contribution in [3.63, 3.8) is 0 Å². The van der Waals surface area contributed by atoms with E-state index in [-0.39, 0.29) is 25.2 Å². The number of imide groups is 1. The van der Waals surface area contributed by atoms with E-state index in [0.717, 1.165) is 10.4 Å². The summed E-state index contributed by atoms with van der Waals surface area (Å²) in [6, 6.07) is 16.7. The van der Waals surface area contributed by atoms with Crippen LogP contribution < -0.4 is 9.47 Å². The van der Waals surface area contributed by atoms with Crippen molar-refractivity contribution in [3.8, 4) is 11.5 Å². The summed E-state index contributed by atoms with van der Waals surface area (Å²) in [4.78, 5) is 29.9. The van der Waals surface area contributed by atoms with E-state index in [9.17, 15) is 9.59 Å². The lowest BCUT2D eigenvalue weighted by atomic mass is 9.92. The van der Waals surface area contributed by atoms with Crippen LogP contribution in [0.5, 0.6) is 11.5 Å². The number of hydrogen-bond acceptors (Lipinski definition) is 5. The Kier molecular flexibility index (Phi) is 4.21. The van der Waals surface area contributed by atoms with E-state index in [2.05, 4.69) is 0 Å². The summed E-state index contributed by atoms with van der Waals surface area (Å²) < 4.78 is 10.8. The monoisotopic (exact) mass is 403 g/mol. The molecule has 0 saturated carbocycles. The normalized spacial score (nSPS) is 16.4. The maximum atomic E-state index is 13.3. The lowest BCUT2D eigenvalue weighted by Crippen LogP contribution is -2.41. The molecule has 0 atom stereocenters. The predicted molar refractivity (Wildman–Crippen MR) is 111 cm³/mol. The number of carbonyl (C=O) groups excluding carboxylic acids is 2. The third kappa shape index (κ3) is 3.11. The number of ether oxygens (including phenoxy) is 2. The van der Waals surface area contributed by atoms with Crippen LogP contribution in [0.4, 0.5) is 0 Å². The van der Waals surface area contributed by atoms with Crippen molar-refractivity contribution in [2.75, 3.05) is 6.79 Å². The summed E-state index contributed by atoms with van der Waals surface area (Å²) in [5.41, 5.74) is 2.55. The number of amides is 2. The molecule has 6 heteroatoms. The first-order chi connectivity index (χ1) is 14.1. The number of thiophene rings is 1. The van der Waals surface area contributed by atoms with Crippen molar-refractivity contribution in [1.29, 1.82) is 0 Å². The van der Waals surface area contributed by atoms with Crippen molar-refractivity contribution in [2.24, 2.45) is 0 Å². The van der Waals surface area contributed by atoms with Crippen LogP contribution in [0.1, 0.15) is 31.2 Å². The fraction of sp³-hybridized carbons (Fsp3) is 0.130. The van der Waals surface area contributed by atoms with E-state index in [4.69, 9.17) is 9.47 Å². The highest BCUT2D eigenvalue weighted by Crippen LogP contribution is 2.35. The van der Waals surface area contributed by atoms with Gasteiger partial charge in [0.15, 0.2) is 11.5 Å². The summed E-state index contributed by atoms with van der Waals surface area (Å²) in [6.45, 7) is 2.38. The van der Waals surface area contributed by atoms with Crippen LogP contribution in [-0.2, 0) is 11.3 Å². The van der Waals surface area contributed by atoms with Crippen LogP contribution in [0.2, 0.25) is 0 Å². The summed E-state index contributed by atoms with van der Waals surface area (Å²) >= 11 is 1.62. The Morgan fingerprint density at radius 2 is 1.76 bits per heavy atom. The lowest BCUT2D eigenvalue weighted by molar-refractivity contribution is -0.123. The van der Waals surface area contributed by atoms with Gasteiger partial charge in [-0.15, -0.1) is 11.3 Å². The van der Waals surface area contributed by atoms with Crippen molar-refractivity contribution >= 4 is 34.8 Å². The zero-order valence-corrected chi connectivity index (χ0v) is 16.5. The Hall–Kier alpha value is -3.38. The van der Waals surface area contributed by atoms with Gasteiger partial charge in [-0.25, -0.2) is 0 Å². The second kappa shape index (κ2) is 6.90. The third-order valence-electron chi connectivity index (χ3n) is 4.99. The number of benzene rings is 2. The molecule has 29 heavy (non-hydrogen) atoms. The van der Waals surface area contributed by atoms with Gasteiger partial charge in [0, 0.05) is 20.9 Å². The van der Waals surface area contributed by atoms with Gasteiger partial charge in [-0.05, 0) is 54.5 Å². The third-order valence-corrected chi connectivity index (χ3v) is 5.94. The molecular formula is C23H17NO4S. The molecule has 5 nitrogen and oxygen atoms in total. The molecule has 0 saturated heterocycles. The van der Waals surface area contributed by atoms with E-state index in [1.54, 1.807) is 23.5 Å². The standard InChI is InChI=1S/C23H17NO4S/c1-14-6-8-16(29-14)11-19-17-4-2-3-5-18(17)22(25)24(23(19)26)12-15-7-9-20-21(10-15)28-13-27-20/h2-11H,12-13H2,1H3/b19-11+. The van der Waals surface area contributed by atoms with Gasteiger partial charge in [-0.3, -0.25) is 14.5 Å². The predicted octanol–water partition coefficient (Wildman–Crippen LogP) is 4.51. The van der Waals surface area contributed by atoms with Crippen molar-refractivity contribution in [3.05, 3.63) is 81.0 Å². The van der Waals surface area contributed by atoms with Gasteiger partial charge in [0.1, 0.15) is 0 Å². The number of carbonyl (C=O) groups is 2. The van der Waals surface area contributed by atoms with E-state index >= 15 is 0 Å². The number of aryl methyl sites for hydroxylation is 1. The molecule has 5 rings (SSSR count). The van der Waals surface area contributed by atoms with Gasteiger partial charge < -0.3 is 9.47 Å². The molecule has 2 amide bonds. The average Bonchev–Trinajstić information content (AvgIpc) is 3.36. The Bertz CT molecular complexity index is 1180.